The van der Waals surface area contributed by atoms with Gasteiger partial charge in [-0.1, -0.05) is 12.1 Å². The number of carbonyl (C=O) groups is 1. The van der Waals surface area contributed by atoms with Crippen LogP contribution < -0.4 is 15.4 Å². The molecule has 11 nitrogen and oxygen atoms in total. The molecule has 3 aromatic heterocycles. The molecule has 0 radical (unpaired) electrons. The van der Waals surface area contributed by atoms with Crippen molar-refractivity contribution in [3.05, 3.63) is 55.1 Å². The van der Waals surface area contributed by atoms with E-state index in [0.717, 1.165) is 11.1 Å². The average molecular weight is 453 g/mol. The number of nitrogens with one attached hydrogen (secondary N) is 1. The Balaban J connectivity index is 1.39. The highest BCUT2D eigenvalue weighted by Gasteiger charge is 2.31. The normalized spacial score (nSPS) is 14.5. The van der Waals surface area contributed by atoms with Crippen molar-refractivity contribution in [1.82, 2.24) is 24.5 Å². The van der Waals surface area contributed by atoms with Gasteiger partial charge in [0.25, 0.3) is 10.0 Å². The van der Waals surface area contributed by atoms with E-state index in [1.54, 1.807) is 42.3 Å². The summed E-state index contributed by atoms with van der Waals surface area (Å²) in [6, 6.07) is 8.91. The van der Waals surface area contributed by atoms with Crippen LogP contribution in [-0.2, 0) is 21.9 Å². The van der Waals surface area contributed by atoms with Crippen LogP contribution >= 0.6 is 0 Å². The van der Waals surface area contributed by atoms with E-state index < -0.39 is 10.0 Å². The molecule has 0 bridgehead atoms. The quantitative estimate of drug-likeness (QED) is 0.442. The molecule has 1 amide bonds. The third-order valence-corrected chi connectivity index (χ3v) is 6.81. The molecular formula is C20H20N8O3S. The average Bonchev–Trinajstić information content (AvgIpc) is 3.35. The van der Waals surface area contributed by atoms with Crippen LogP contribution in [0.3, 0.4) is 0 Å². The number of nitrogens with two attached hydrogens (primary N) is 1. The van der Waals surface area contributed by atoms with Gasteiger partial charge in [0.2, 0.25) is 5.91 Å². The molecule has 1 fully saturated rings. The lowest BCUT2D eigenvalue weighted by Gasteiger charge is -2.39. The Bertz CT molecular complexity index is 1440. The number of nitrogens with zero attached hydrogens (tertiary/aromatic N) is 6. The number of aromatic nitrogens is 5. The van der Waals surface area contributed by atoms with E-state index in [9.17, 15) is 13.2 Å². The van der Waals surface area contributed by atoms with E-state index in [0.29, 0.717) is 30.1 Å². The van der Waals surface area contributed by atoms with Gasteiger partial charge >= 0.3 is 0 Å². The predicted octanol–water partition coefficient (Wildman–Crippen LogP) is 0.876. The number of rotatable bonds is 6. The first kappa shape index (κ1) is 20.0. The van der Waals surface area contributed by atoms with Gasteiger partial charge in [0.1, 0.15) is 4.90 Å². The van der Waals surface area contributed by atoms with Crippen molar-refractivity contribution in [3.8, 4) is 5.82 Å². The van der Waals surface area contributed by atoms with Crippen LogP contribution in [-0.4, -0.2) is 52.0 Å². The number of hydrogen-bond donors (Lipinski definition) is 2. The third kappa shape index (κ3) is 3.43. The summed E-state index contributed by atoms with van der Waals surface area (Å²) in [5.74, 6) is -0.0185. The molecule has 164 valence electrons. The van der Waals surface area contributed by atoms with E-state index >= 15 is 0 Å². The van der Waals surface area contributed by atoms with E-state index in [-0.39, 0.29) is 16.7 Å². The summed E-state index contributed by atoms with van der Waals surface area (Å²) in [5, 5.41) is 9.18. The molecule has 4 aromatic rings. The number of sulfonamides is 1. The maximum absolute atomic E-state index is 13.0. The van der Waals surface area contributed by atoms with E-state index in [1.807, 2.05) is 17.0 Å². The third-order valence-electron chi connectivity index (χ3n) is 5.49. The minimum absolute atomic E-state index is 0.00150. The zero-order valence-electron chi connectivity index (χ0n) is 17.1. The Labute approximate surface area is 183 Å². The number of fused-ring (bicyclic) bond motifs is 1. The minimum Gasteiger partial charge on any atom is -0.370 e. The molecule has 0 saturated carbocycles. The summed E-state index contributed by atoms with van der Waals surface area (Å²) >= 11 is 0. The molecule has 3 N–H and O–H groups in total. The van der Waals surface area contributed by atoms with Gasteiger partial charge in [-0.25, -0.2) is 18.1 Å². The van der Waals surface area contributed by atoms with Crippen molar-refractivity contribution in [1.29, 1.82) is 0 Å². The van der Waals surface area contributed by atoms with Gasteiger partial charge in [0, 0.05) is 43.5 Å². The Morgan fingerprint density at radius 2 is 2.00 bits per heavy atom. The number of benzene rings is 1. The smallest absolute Gasteiger partial charge is 0.265 e. The monoisotopic (exact) mass is 452 g/mol. The zero-order chi connectivity index (χ0) is 22.5. The van der Waals surface area contributed by atoms with Crippen molar-refractivity contribution in [2.75, 3.05) is 22.7 Å². The van der Waals surface area contributed by atoms with Crippen LogP contribution in [0.5, 0.6) is 0 Å². The number of hydrogen-bond acceptors (Lipinski definition) is 7. The van der Waals surface area contributed by atoms with Gasteiger partial charge in [-0.3, -0.25) is 14.2 Å². The van der Waals surface area contributed by atoms with E-state index in [2.05, 4.69) is 19.9 Å². The van der Waals surface area contributed by atoms with Crippen LogP contribution in [0, 0.1) is 5.92 Å². The van der Waals surface area contributed by atoms with Gasteiger partial charge in [-0.15, -0.1) is 0 Å². The molecule has 1 aliphatic heterocycles. The van der Waals surface area contributed by atoms with Gasteiger partial charge in [-0.2, -0.15) is 10.2 Å². The first-order valence-corrected chi connectivity index (χ1v) is 11.3. The van der Waals surface area contributed by atoms with E-state index in [1.165, 1.54) is 17.1 Å². The summed E-state index contributed by atoms with van der Waals surface area (Å²) < 4.78 is 31.6. The lowest BCUT2D eigenvalue weighted by atomic mass is 9.99. The molecule has 1 aromatic carbocycles. The number of amides is 1. The lowest BCUT2D eigenvalue weighted by Crippen LogP contribution is -2.52. The van der Waals surface area contributed by atoms with Crippen molar-refractivity contribution < 1.29 is 13.2 Å². The summed E-state index contributed by atoms with van der Waals surface area (Å²) in [6.45, 7) is 1.09. The molecule has 0 unspecified atom stereocenters. The standard InChI is InChI=1S/C20H20N8O3S/c1-26-19-13(8-23-26)3-2-4-17(19)25-32(30,31)16-9-24-28(12-16)18-7-15(5-6-22-18)27-10-14(11-27)20(21)29/h2-9,12,14,25H,10-11H2,1H3,(H2,21,29). The van der Waals surface area contributed by atoms with Gasteiger partial charge < -0.3 is 10.6 Å². The number of primary amides is 1. The van der Waals surface area contributed by atoms with Gasteiger partial charge in [0.15, 0.2) is 5.82 Å². The Hall–Kier alpha value is -3.93. The van der Waals surface area contributed by atoms with Gasteiger partial charge in [0.05, 0.1) is 35.7 Å². The van der Waals surface area contributed by atoms with Crippen molar-refractivity contribution in [2.45, 2.75) is 4.90 Å². The van der Waals surface area contributed by atoms with Crippen LogP contribution in [0.4, 0.5) is 11.4 Å². The molecular weight excluding hydrogens is 432 g/mol. The second-order valence-corrected chi connectivity index (χ2v) is 9.30. The molecule has 4 heterocycles. The van der Waals surface area contributed by atoms with Crippen LogP contribution in [0.25, 0.3) is 16.7 Å². The molecule has 1 aliphatic rings. The molecule has 0 aliphatic carbocycles. The number of pyridine rings is 1. The molecule has 5 rings (SSSR count). The summed E-state index contributed by atoms with van der Waals surface area (Å²) in [4.78, 5) is 17.5. The van der Waals surface area contributed by atoms with Crippen LogP contribution in [0.2, 0.25) is 0 Å². The van der Waals surface area contributed by atoms with Crippen LogP contribution in [0.1, 0.15) is 0 Å². The van der Waals surface area contributed by atoms with Gasteiger partial charge in [-0.05, 0) is 12.1 Å². The highest BCUT2D eigenvalue weighted by atomic mass is 32.2. The minimum atomic E-state index is -3.89. The zero-order valence-corrected chi connectivity index (χ0v) is 17.9. The first-order valence-electron chi connectivity index (χ1n) is 9.81. The number of para-hydroxylation sites is 1. The SMILES string of the molecule is Cn1ncc2cccc(NS(=O)(=O)c3cnn(-c4cc(N5CC(C(N)=O)C5)ccn4)c3)c21. The Morgan fingerprint density at radius 1 is 1.19 bits per heavy atom. The number of carbonyl (C=O) groups excluding carboxylic acids is 1. The van der Waals surface area contributed by atoms with Crippen molar-refractivity contribution in [3.63, 3.8) is 0 Å². The molecule has 0 spiro atoms. The molecule has 0 atom stereocenters. The topological polar surface area (TPSA) is 141 Å². The van der Waals surface area contributed by atoms with Crippen LogP contribution in [0.15, 0.2) is 60.0 Å². The first-order chi connectivity index (χ1) is 15.3. The summed E-state index contributed by atoms with van der Waals surface area (Å²) in [7, 11) is -2.14. The highest BCUT2D eigenvalue weighted by molar-refractivity contribution is 7.92. The molecule has 1 saturated heterocycles. The fraction of sp³-hybridized carbons (Fsp3) is 0.200. The second-order valence-electron chi connectivity index (χ2n) is 7.61. The lowest BCUT2D eigenvalue weighted by molar-refractivity contribution is -0.122. The van der Waals surface area contributed by atoms with Crippen molar-refractivity contribution >= 4 is 38.2 Å². The largest absolute Gasteiger partial charge is 0.370 e. The molecule has 32 heavy (non-hydrogen) atoms. The molecule has 12 heteroatoms. The Kier molecular flexibility index (Phi) is 4.59. The fourth-order valence-corrected chi connectivity index (χ4v) is 4.69. The highest BCUT2D eigenvalue weighted by Crippen LogP contribution is 2.27. The summed E-state index contributed by atoms with van der Waals surface area (Å²) in [6.07, 6.45) is 5.96. The number of aryl methyl sites for hydroxylation is 1. The maximum atomic E-state index is 13.0. The predicted molar refractivity (Wildman–Crippen MR) is 118 cm³/mol. The summed E-state index contributed by atoms with van der Waals surface area (Å²) in [5.41, 5.74) is 7.30. The Morgan fingerprint density at radius 3 is 2.78 bits per heavy atom. The second kappa shape index (κ2) is 7.34. The number of anilines is 2. The van der Waals surface area contributed by atoms with E-state index in [4.69, 9.17) is 5.73 Å². The maximum Gasteiger partial charge on any atom is 0.265 e. The fourth-order valence-electron chi connectivity index (χ4n) is 3.69. The van der Waals surface area contributed by atoms with Crippen molar-refractivity contribution in [2.24, 2.45) is 18.7 Å².